The summed E-state index contributed by atoms with van der Waals surface area (Å²) < 4.78 is 5.19. The highest BCUT2D eigenvalue weighted by molar-refractivity contribution is 6.29. The van der Waals surface area contributed by atoms with Crippen molar-refractivity contribution in [3.8, 4) is 11.4 Å². The van der Waals surface area contributed by atoms with E-state index in [9.17, 15) is 0 Å². The first-order valence-corrected chi connectivity index (χ1v) is 6.23. The topological polar surface area (TPSA) is 35.0 Å². The van der Waals surface area contributed by atoms with Crippen molar-refractivity contribution in [1.29, 1.82) is 0 Å². The van der Waals surface area contributed by atoms with Crippen molar-refractivity contribution in [1.82, 2.24) is 9.97 Å². The summed E-state index contributed by atoms with van der Waals surface area (Å²) in [4.78, 5) is 8.81. The number of rotatable bonds is 4. The van der Waals surface area contributed by atoms with Gasteiger partial charge in [0.1, 0.15) is 5.15 Å². The molecule has 0 aliphatic carbocycles. The highest BCUT2D eigenvalue weighted by atomic mass is 35.5. The Morgan fingerprint density at radius 1 is 1.22 bits per heavy atom. The first kappa shape index (κ1) is 13.0. The molecule has 0 spiro atoms. The fourth-order valence-electron chi connectivity index (χ4n) is 1.79. The van der Waals surface area contributed by atoms with Crippen LogP contribution in [-0.4, -0.2) is 17.1 Å². The number of methoxy groups -OCH3 is 1. The number of aryl methyl sites for hydroxylation is 1. The average Bonchev–Trinajstić information content (AvgIpc) is 2.39. The van der Waals surface area contributed by atoms with E-state index >= 15 is 0 Å². The lowest BCUT2D eigenvalue weighted by molar-refractivity contribution is 0.185. The monoisotopic (exact) mass is 262 g/mol. The Balaban J connectivity index is 2.50. The minimum absolute atomic E-state index is 0.476. The van der Waals surface area contributed by atoms with Crippen LogP contribution in [0.3, 0.4) is 0 Å². The van der Waals surface area contributed by atoms with Crippen LogP contribution in [0.2, 0.25) is 5.15 Å². The lowest BCUT2D eigenvalue weighted by Crippen LogP contribution is -1.99. The molecule has 0 amide bonds. The molecule has 0 N–H and O–H groups in total. The molecular formula is C14H15ClN2O. The second-order valence-corrected chi connectivity index (χ2v) is 4.34. The van der Waals surface area contributed by atoms with Gasteiger partial charge in [-0.05, 0) is 18.1 Å². The van der Waals surface area contributed by atoms with Gasteiger partial charge in [-0.15, -0.1) is 0 Å². The van der Waals surface area contributed by atoms with Gasteiger partial charge in [-0.1, -0.05) is 42.8 Å². The third-order valence-corrected chi connectivity index (χ3v) is 2.86. The predicted molar refractivity (Wildman–Crippen MR) is 72.6 cm³/mol. The van der Waals surface area contributed by atoms with Crippen LogP contribution in [0, 0.1) is 0 Å². The smallest absolute Gasteiger partial charge is 0.161 e. The van der Waals surface area contributed by atoms with Crippen LogP contribution < -0.4 is 0 Å². The Morgan fingerprint density at radius 3 is 2.72 bits per heavy atom. The van der Waals surface area contributed by atoms with E-state index in [1.807, 2.05) is 31.2 Å². The fraction of sp³-hybridized carbons (Fsp3) is 0.286. The summed E-state index contributed by atoms with van der Waals surface area (Å²) in [5, 5.41) is 0.476. The van der Waals surface area contributed by atoms with Gasteiger partial charge < -0.3 is 4.74 Å². The van der Waals surface area contributed by atoms with E-state index in [1.165, 1.54) is 0 Å². The molecule has 0 radical (unpaired) electrons. The van der Waals surface area contributed by atoms with Crippen molar-refractivity contribution in [2.75, 3.05) is 7.11 Å². The van der Waals surface area contributed by atoms with E-state index in [2.05, 4.69) is 9.97 Å². The second-order valence-electron chi connectivity index (χ2n) is 3.95. The minimum Gasteiger partial charge on any atom is -0.380 e. The Hall–Kier alpha value is -1.45. The van der Waals surface area contributed by atoms with Crippen LogP contribution in [0.15, 0.2) is 30.3 Å². The van der Waals surface area contributed by atoms with Gasteiger partial charge in [0.15, 0.2) is 5.82 Å². The second kappa shape index (κ2) is 5.94. The summed E-state index contributed by atoms with van der Waals surface area (Å²) >= 11 is 6.03. The molecule has 0 bridgehead atoms. The fourth-order valence-corrected chi connectivity index (χ4v) is 1.99. The SMILES string of the molecule is CCc1cc(Cl)nc(-c2ccccc2COC)n1. The average molecular weight is 263 g/mol. The van der Waals surface area contributed by atoms with E-state index in [0.29, 0.717) is 17.6 Å². The normalized spacial score (nSPS) is 10.6. The molecule has 94 valence electrons. The van der Waals surface area contributed by atoms with Crippen LogP contribution in [0.1, 0.15) is 18.2 Å². The quantitative estimate of drug-likeness (QED) is 0.791. The van der Waals surface area contributed by atoms with Gasteiger partial charge in [-0.25, -0.2) is 9.97 Å². The Bertz CT molecular complexity index is 543. The van der Waals surface area contributed by atoms with Crippen LogP contribution in [0.25, 0.3) is 11.4 Å². The maximum Gasteiger partial charge on any atom is 0.161 e. The highest BCUT2D eigenvalue weighted by Crippen LogP contribution is 2.23. The summed E-state index contributed by atoms with van der Waals surface area (Å²) in [5.74, 6) is 0.659. The standard InChI is InChI=1S/C14H15ClN2O/c1-3-11-8-13(15)17-14(16-11)12-7-5-4-6-10(12)9-18-2/h4-8H,3,9H2,1-2H3. The van der Waals surface area contributed by atoms with Crippen molar-refractivity contribution in [2.24, 2.45) is 0 Å². The highest BCUT2D eigenvalue weighted by Gasteiger charge is 2.09. The van der Waals surface area contributed by atoms with Crippen LogP contribution >= 0.6 is 11.6 Å². The van der Waals surface area contributed by atoms with Crippen molar-refractivity contribution >= 4 is 11.6 Å². The number of benzene rings is 1. The molecule has 0 unspecified atom stereocenters. The Labute approximate surface area is 112 Å². The lowest BCUT2D eigenvalue weighted by atomic mass is 10.1. The van der Waals surface area contributed by atoms with Gasteiger partial charge in [-0.3, -0.25) is 0 Å². The van der Waals surface area contributed by atoms with Gasteiger partial charge in [-0.2, -0.15) is 0 Å². The molecule has 0 aliphatic heterocycles. The molecule has 2 aromatic rings. The molecule has 0 atom stereocenters. The molecule has 3 nitrogen and oxygen atoms in total. The number of aromatic nitrogens is 2. The molecule has 18 heavy (non-hydrogen) atoms. The van der Waals surface area contributed by atoms with Gasteiger partial charge in [0.2, 0.25) is 0 Å². The molecule has 1 aromatic heterocycles. The van der Waals surface area contributed by atoms with Gasteiger partial charge in [0.05, 0.1) is 6.61 Å². The summed E-state index contributed by atoms with van der Waals surface area (Å²) in [6, 6.07) is 9.73. The van der Waals surface area contributed by atoms with Crippen molar-refractivity contribution in [2.45, 2.75) is 20.0 Å². The molecule has 4 heteroatoms. The number of ether oxygens (including phenoxy) is 1. The van der Waals surface area contributed by atoms with Gasteiger partial charge in [0, 0.05) is 18.4 Å². The molecule has 0 saturated carbocycles. The lowest BCUT2D eigenvalue weighted by Gasteiger charge is -2.08. The summed E-state index contributed by atoms with van der Waals surface area (Å²) in [6.45, 7) is 2.58. The van der Waals surface area contributed by atoms with Crippen molar-refractivity contribution < 1.29 is 4.74 Å². The van der Waals surface area contributed by atoms with Crippen molar-refractivity contribution in [3.05, 3.63) is 46.7 Å². The van der Waals surface area contributed by atoms with E-state index in [1.54, 1.807) is 13.2 Å². The van der Waals surface area contributed by atoms with Crippen LogP contribution in [0.4, 0.5) is 0 Å². The minimum atomic E-state index is 0.476. The molecule has 1 heterocycles. The number of hydrogen-bond donors (Lipinski definition) is 0. The zero-order valence-electron chi connectivity index (χ0n) is 10.5. The van der Waals surface area contributed by atoms with Gasteiger partial charge in [0.25, 0.3) is 0 Å². The summed E-state index contributed by atoms with van der Waals surface area (Å²) in [7, 11) is 1.67. The van der Waals surface area contributed by atoms with E-state index in [0.717, 1.165) is 23.2 Å². The first-order valence-electron chi connectivity index (χ1n) is 5.85. The maximum absolute atomic E-state index is 6.03. The summed E-state index contributed by atoms with van der Waals surface area (Å²) in [5.41, 5.74) is 2.97. The van der Waals surface area contributed by atoms with E-state index in [4.69, 9.17) is 16.3 Å². The zero-order valence-corrected chi connectivity index (χ0v) is 11.2. The third kappa shape index (κ3) is 2.86. The van der Waals surface area contributed by atoms with Crippen molar-refractivity contribution in [3.63, 3.8) is 0 Å². The Kier molecular flexibility index (Phi) is 4.28. The molecule has 0 fully saturated rings. The first-order chi connectivity index (χ1) is 8.74. The molecular weight excluding hydrogens is 248 g/mol. The van der Waals surface area contributed by atoms with Gasteiger partial charge >= 0.3 is 0 Å². The molecule has 2 rings (SSSR count). The van der Waals surface area contributed by atoms with E-state index < -0.39 is 0 Å². The maximum atomic E-state index is 6.03. The van der Waals surface area contributed by atoms with Crippen LogP contribution in [-0.2, 0) is 17.8 Å². The Morgan fingerprint density at radius 2 is 2.00 bits per heavy atom. The largest absolute Gasteiger partial charge is 0.380 e. The number of hydrogen-bond acceptors (Lipinski definition) is 3. The predicted octanol–water partition coefficient (Wildman–Crippen LogP) is 3.51. The molecule has 0 aliphatic rings. The zero-order chi connectivity index (χ0) is 13.0. The summed E-state index contributed by atoms with van der Waals surface area (Å²) in [6.07, 6.45) is 0.835. The third-order valence-electron chi connectivity index (χ3n) is 2.67. The van der Waals surface area contributed by atoms with Crippen LogP contribution in [0.5, 0.6) is 0 Å². The molecule has 1 aromatic carbocycles. The number of halogens is 1. The molecule has 0 saturated heterocycles. The number of nitrogens with zero attached hydrogens (tertiary/aromatic N) is 2. The van der Waals surface area contributed by atoms with E-state index in [-0.39, 0.29) is 0 Å².